The Balaban J connectivity index is 1.76. The summed E-state index contributed by atoms with van der Waals surface area (Å²) in [5, 5.41) is 12.4. The van der Waals surface area contributed by atoms with Crippen molar-refractivity contribution in [2.24, 2.45) is 0 Å². The Morgan fingerprint density at radius 2 is 1.97 bits per heavy atom. The van der Waals surface area contributed by atoms with Gasteiger partial charge in [-0.2, -0.15) is 5.26 Å². The smallest absolute Gasteiger partial charge is 0.267 e. The van der Waals surface area contributed by atoms with E-state index in [-0.39, 0.29) is 23.2 Å². The molecule has 8 heteroatoms. The molecule has 0 atom stereocenters. The van der Waals surface area contributed by atoms with Gasteiger partial charge in [0, 0.05) is 25.8 Å². The average molecular weight is 429 g/mol. The number of hydrogen-bond donors (Lipinski definition) is 1. The van der Waals surface area contributed by atoms with Gasteiger partial charge in [0.15, 0.2) is 0 Å². The van der Waals surface area contributed by atoms with E-state index in [1.807, 2.05) is 54.3 Å². The molecule has 1 amide bonds. The molecule has 0 spiro atoms. The summed E-state index contributed by atoms with van der Waals surface area (Å²) < 4.78 is 6.88. The number of nitrogens with one attached hydrogen (secondary N) is 1. The maximum atomic E-state index is 13.4. The summed E-state index contributed by atoms with van der Waals surface area (Å²) >= 11 is 0. The van der Waals surface area contributed by atoms with Crippen molar-refractivity contribution in [1.82, 2.24) is 14.7 Å². The van der Waals surface area contributed by atoms with Gasteiger partial charge in [0.05, 0.1) is 18.8 Å². The quantitative estimate of drug-likeness (QED) is 0.492. The van der Waals surface area contributed by atoms with Gasteiger partial charge in [-0.3, -0.25) is 14.0 Å². The van der Waals surface area contributed by atoms with E-state index in [0.29, 0.717) is 37.8 Å². The number of ether oxygens (including phenoxy) is 1. The Morgan fingerprint density at radius 3 is 2.69 bits per heavy atom. The third-order valence-electron chi connectivity index (χ3n) is 5.32. The predicted molar refractivity (Wildman–Crippen MR) is 121 cm³/mol. The van der Waals surface area contributed by atoms with Crippen molar-refractivity contribution in [2.75, 3.05) is 31.2 Å². The van der Waals surface area contributed by atoms with Gasteiger partial charge in [0.25, 0.3) is 11.5 Å². The first-order valence-corrected chi connectivity index (χ1v) is 10.4. The lowest BCUT2D eigenvalue weighted by molar-refractivity contribution is -0.117. The minimum Gasteiger partial charge on any atom is -0.378 e. The van der Waals surface area contributed by atoms with Crippen molar-refractivity contribution in [2.45, 2.75) is 13.5 Å². The number of fused-ring (bicyclic) bond motifs is 1. The number of carbonyl (C=O) groups is 1. The molecule has 8 nitrogen and oxygen atoms in total. The van der Waals surface area contributed by atoms with Gasteiger partial charge >= 0.3 is 0 Å². The molecule has 1 aliphatic heterocycles. The number of pyridine rings is 1. The lowest BCUT2D eigenvalue weighted by Gasteiger charge is -2.29. The van der Waals surface area contributed by atoms with Crippen molar-refractivity contribution in [3.63, 3.8) is 0 Å². The Labute approximate surface area is 185 Å². The van der Waals surface area contributed by atoms with Crippen LogP contribution in [0, 0.1) is 18.3 Å². The summed E-state index contributed by atoms with van der Waals surface area (Å²) in [5.41, 5.74) is 2.04. The van der Waals surface area contributed by atoms with Crippen LogP contribution in [0.4, 0.5) is 5.82 Å². The molecule has 3 aromatic rings. The van der Waals surface area contributed by atoms with Gasteiger partial charge in [-0.1, -0.05) is 36.4 Å². The van der Waals surface area contributed by atoms with Crippen LogP contribution >= 0.6 is 0 Å². The standard InChI is InChI=1S/C24H23N5O3/c1-17-6-5-9-29-21(17)27-22(28-10-12-32-13-11-28)20(24(29)31)14-19(15-25)23(30)26-16-18-7-3-2-4-8-18/h2-9,14H,10-13,16H2,1H3,(H,26,30)/b19-14+. The molecule has 3 heterocycles. The zero-order valence-corrected chi connectivity index (χ0v) is 17.7. The van der Waals surface area contributed by atoms with E-state index in [2.05, 4.69) is 5.32 Å². The minimum atomic E-state index is -0.544. The lowest BCUT2D eigenvalue weighted by atomic mass is 10.1. The first-order chi connectivity index (χ1) is 15.6. The third kappa shape index (κ3) is 4.38. The molecule has 1 N–H and O–H groups in total. The normalized spacial score (nSPS) is 14.2. The Morgan fingerprint density at radius 1 is 1.22 bits per heavy atom. The number of hydrogen-bond acceptors (Lipinski definition) is 6. The van der Waals surface area contributed by atoms with Crippen LogP contribution < -0.4 is 15.8 Å². The van der Waals surface area contributed by atoms with Crippen LogP contribution in [-0.4, -0.2) is 41.6 Å². The van der Waals surface area contributed by atoms with Crippen molar-refractivity contribution in [3.8, 4) is 6.07 Å². The Bertz CT molecular complexity index is 1270. The summed E-state index contributed by atoms with van der Waals surface area (Å²) in [6.07, 6.45) is 2.98. The molecule has 1 fully saturated rings. The molecule has 0 aliphatic carbocycles. The van der Waals surface area contributed by atoms with Crippen LogP contribution in [-0.2, 0) is 16.1 Å². The van der Waals surface area contributed by atoms with Crippen LogP contribution in [0.15, 0.2) is 59.0 Å². The Kier molecular flexibility index (Phi) is 6.29. The van der Waals surface area contributed by atoms with E-state index in [9.17, 15) is 14.9 Å². The zero-order valence-electron chi connectivity index (χ0n) is 17.7. The molecule has 0 unspecified atom stereocenters. The van der Waals surface area contributed by atoms with Crippen LogP contribution in [0.2, 0.25) is 0 Å². The summed E-state index contributed by atoms with van der Waals surface area (Å²) in [6.45, 7) is 4.33. The molecule has 2 aromatic heterocycles. The monoisotopic (exact) mass is 429 g/mol. The van der Waals surface area contributed by atoms with E-state index < -0.39 is 5.91 Å². The van der Waals surface area contributed by atoms with Crippen LogP contribution in [0.5, 0.6) is 0 Å². The van der Waals surface area contributed by atoms with Gasteiger partial charge in [-0.05, 0) is 30.2 Å². The number of nitriles is 1. The number of aromatic nitrogens is 2. The predicted octanol–water partition coefficient (Wildman–Crippen LogP) is 2.06. The highest BCUT2D eigenvalue weighted by Gasteiger charge is 2.21. The molecule has 1 aromatic carbocycles. The maximum absolute atomic E-state index is 13.4. The lowest BCUT2D eigenvalue weighted by Crippen LogP contribution is -2.39. The molecule has 1 aliphatic rings. The van der Waals surface area contributed by atoms with Crippen LogP contribution in [0.25, 0.3) is 11.7 Å². The molecule has 0 saturated carbocycles. The average Bonchev–Trinajstić information content (AvgIpc) is 2.83. The van der Waals surface area contributed by atoms with Crippen LogP contribution in [0.3, 0.4) is 0 Å². The summed E-state index contributed by atoms with van der Waals surface area (Å²) in [6, 6.07) is 15.0. The SMILES string of the molecule is Cc1cccn2c(=O)c(/C=C(\C#N)C(=O)NCc3ccccc3)c(N3CCOCC3)nc12. The molecule has 162 valence electrons. The number of benzene rings is 1. The van der Waals surface area contributed by atoms with E-state index in [1.165, 1.54) is 10.5 Å². The molecular weight excluding hydrogens is 406 g/mol. The fraction of sp³-hybridized carbons (Fsp3) is 0.250. The molecular formula is C24H23N5O3. The van der Waals surface area contributed by atoms with Gasteiger partial charge in [-0.25, -0.2) is 4.98 Å². The van der Waals surface area contributed by atoms with E-state index >= 15 is 0 Å². The fourth-order valence-corrected chi connectivity index (χ4v) is 3.61. The Hall–Kier alpha value is -3.96. The van der Waals surface area contributed by atoms with Crippen molar-refractivity contribution in [1.29, 1.82) is 5.26 Å². The molecule has 4 rings (SSSR count). The van der Waals surface area contributed by atoms with E-state index in [0.717, 1.165) is 11.1 Å². The molecule has 32 heavy (non-hydrogen) atoms. The first-order valence-electron chi connectivity index (χ1n) is 10.4. The first kappa shape index (κ1) is 21.3. The number of carbonyl (C=O) groups excluding carboxylic acids is 1. The third-order valence-corrected chi connectivity index (χ3v) is 5.32. The topological polar surface area (TPSA) is 99.7 Å². The van der Waals surface area contributed by atoms with E-state index in [1.54, 1.807) is 12.3 Å². The number of rotatable bonds is 5. The summed E-state index contributed by atoms with van der Waals surface area (Å²) in [4.78, 5) is 32.8. The summed E-state index contributed by atoms with van der Waals surface area (Å²) in [5.74, 6) is -0.0887. The second kappa shape index (κ2) is 9.45. The molecule has 1 saturated heterocycles. The van der Waals surface area contributed by atoms with Gasteiger partial charge in [-0.15, -0.1) is 0 Å². The second-order valence-electron chi connectivity index (χ2n) is 7.48. The van der Waals surface area contributed by atoms with Gasteiger partial charge < -0.3 is 15.0 Å². The number of morpholine rings is 1. The minimum absolute atomic E-state index is 0.151. The van der Waals surface area contributed by atoms with Gasteiger partial charge in [0.2, 0.25) is 0 Å². The second-order valence-corrected chi connectivity index (χ2v) is 7.48. The largest absolute Gasteiger partial charge is 0.378 e. The number of anilines is 1. The highest BCUT2D eigenvalue weighted by molar-refractivity contribution is 6.02. The van der Waals surface area contributed by atoms with Crippen molar-refractivity contribution in [3.05, 3.63) is 81.3 Å². The molecule has 0 radical (unpaired) electrons. The van der Waals surface area contributed by atoms with Crippen molar-refractivity contribution < 1.29 is 9.53 Å². The van der Waals surface area contributed by atoms with Gasteiger partial charge in [0.1, 0.15) is 23.1 Å². The van der Waals surface area contributed by atoms with Crippen LogP contribution in [0.1, 0.15) is 16.7 Å². The number of nitrogens with zero attached hydrogens (tertiary/aromatic N) is 4. The maximum Gasteiger partial charge on any atom is 0.267 e. The fourth-order valence-electron chi connectivity index (χ4n) is 3.61. The van der Waals surface area contributed by atoms with Crippen molar-refractivity contribution >= 4 is 23.4 Å². The number of amides is 1. The zero-order chi connectivity index (χ0) is 22.5. The highest BCUT2D eigenvalue weighted by Crippen LogP contribution is 2.21. The summed E-state index contributed by atoms with van der Waals surface area (Å²) in [7, 11) is 0. The highest BCUT2D eigenvalue weighted by atomic mass is 16.5. The van der Waals surface area contributed by atoms with E-state index in [4.69, 9.17) is 9.72 Å². The number of aryl methyl sites for hydroxylation is 1. The molecule has 0 bridgehead atoms.